The number of urea groups is 1. The van der Waals surface area contributed by atoms with Gasteiger partial charge in [-0.25, -0.2) is 9.18 Å². The number of nitrogens with one attached hydrogen (secondary N) is 2. The number of rotatable bonds is 6. The number of aliphatic hydroxyl groups is 1. The van der Waals surface area contributed by atoms with Crippen LogP contribution in [0, 0.1) is 12.7 Å². The van der Waals surface area contributed by atoms with Crippen molar-refractivity contribution in [2.24, 2.45) is 0 Å². The summed E-state index contributed by atoms with van der Waals surface area (Å²) in [7, 11) is 0. The van der Waals surface area contributed by atoms with Crippen LogP contribution < -0.4 is 10.6 Å². The highest BCUT2D eigenvalue weighted by Crippen LogP contribution is 2.22. The number of aliphatic hydroxyl groups excluding tert-OH is 1. The topological polar surface area (TPSA) is 100 Å². The van der Waals surface area contributed by atoms with Crippen LogP contribution in [0.2, 0.25) is 0 Å². The van der Waals surface area contributed by atoms with E-state index in [4.69, 9.17) is 9.63 Å². The average molecular weight is 322 g/mol. The molecule has 8 heteroatoms. The summed E-state index contributed by atoms with van der Waals surface area (Å²) in [4.78, 5) is 16.2. The predicted octanol–water partition coefficient (Wildman–Crippen LogP) is 1.68. The maximum Gasteiger partial charge on any atom is 0.315 e. The number of amides is 2. The van der Waals surface area contributed by atoms with Crippen LogP contribution in [-0.2, 0) is 0 Å². The van der Waals surface area contributed by atoms with E-state index in [2.05, 4.69) is 20.8 Å². The molecule has 1 aromatic carbocycles. The third-order valence-corrected chi connectivity index (χ3v) is 3.23. The Bertz CT molecular complexity index is 662. The summed E-state index contributed by atoms with van der Waals surface area (Å²) in [6.07, 6.45) is 0.416. The number of aromatic nitrogens is 2. The fourth-order valence-electron chi connectivity index (χ4n) is 2.09. The third kappa shape index (κ3) is 4.49. The van der Waals surface area contributed by atoms with Gasteiger partial charge < -0.3 is 20.3 Å². The molecule has 0 aliphatic rings. The second-order valence-corrected chi connectivity index (χ2v) is 5.16. The van der Waals surface area contributed by atoms with Crippen molar-refractivity contribution in [2.45, 2.75) is 32.4 Å². The minimum Gasteiger partial charge on any atom is -0.396 e. The Balaban J connectivity index is 2.21. The molecule has 3 N–H and O–H groups in total. The van der Waals surface area contributed by atoms with E-state index in [-0.39, 0.29) is 24.0 Å². The van der Waals surface area contributed by atoms with Gasteiger partial charge >= 0.3 is 6.03 Å². The molecule has 1 heterocycles. The molecule has 0 bridgehead atoms. The highest BCUT2D eigenvalue weighted by molar-refractivity contribution is 5.75. The molecule has 0 aliphatic heterocycles. The number of carbonyl (C=O) groups is 1. The zero-order chi connectivity index (χ0) is 16.8. The number of hydrogen-bond acceptors (Lipinski definition) is 5. The summed E-state index contributed by atoms with van der Waals surface area (Å²) >= 11 is 0. The van der Waals surface area contributed by atoms with E-state index >= 15 is 0 Å². The SMILES string of the molecule is Cc1nc(C(NC(=O)N[C@H](C)CCO)c2ccccc2F)no1. The van der Waals surface area contributed by atoms with Crippen LogP contribution in [0.5, 0.6) is 0 Å². The molecule has 0 saturated heterocycles. The zero-order valence-electron chi connectivity index (χ0n) is 12.9. The van der Waals surface area contributed by atoms with Crippen LogP contribution in [0.1, 0.15) is 36.7 Å². The Labute approximate surface area is 132 Å². The van der Waals surface area contributed by atoms with Crippen LogP contribution >= 0.6 is 0 Å². The van der Waals surface area contributed by atoms with E-state index in [1.807, 2.05) is 0 Å². The molecule has 1 unspecified atom stereocenters. The van der Waals surface area contributed by atoms with E-state index in [1.54, 1.807) is 32.0 Å². The number of hydrogen-bond donors (Lipinski definition) is 3. The minimum absolute atomic E-state index is 0.0395. The highest BCUT2D eigenvalue weighted by Gasteiger charge is 2.25. The van der Waals surface area contributed by atoms with Gasteiger partial charge in [0, 0.05) is 25.1 Å². The Morgan fingerprint density at radius 1 is 1.39 bits per heavy atom. The first-order valence-electron chi connectivity index (χ1n) is 7.23. The molecule has 2 rings (SSSR count). The van der Waals surface area contributed by atoms with Crippen molar-refractivity contribution in [2.75, 3.05) is 6.61 Å². The summed E-state index contributed by atoms with van der Waals surface area (Å²) in [5, 5.41) is 17.9. The van der Waals surface area contributed by atoms with Crippen molar-refractivity contribution < 1.29 is 18.8 Å². The van der Waals surface area contributed by atoms with E-state index in [0.717, 1.165) is 0 Å². The molecule has 7 nitrogen and oxygen atoms in total. The van der Waals surface area contributed by atoms with Gasteiger partial charge in [0.25, 0.3) is 0 Å². The van der Waals surface area contributed by atoms with Gasteiger partial charge in [0.05, 0.1) is 0 Å². The molecule has 0 fully saturated rings. The molecule has 0 saturated carbocycles. The average Bonchev–Trinajstić information content (AvgIpc) is 2.92. The van der Waals surface area contributed by atoms with Gasteiger partial charge in [-0.3, -0.25) is 0 Å². The molecule has 2 aromatic rings. The Morgan fingerprint density at radius 3 is 2.74 bits per heavy atom. The maximum absolute atomic E-state index is 14.1. The second kappa shape index (κ2) is 7.68. The lowest BCUT2D eigenvalue weighted by atomic mass is 10.1. The molecular formula is C15H19FN4O3. The smallest absolute Gasteiger partial charge is 0.315 e. The third-order valence-electron chi connectivity index (χ3n) is 3.23. The van der Waals surface area contributed by atoms with Crippen molar-refractivity contribution in [1.29, 1.82) is 0 Å². The normalized spacial score (nSPS) is 13.4. The maximum atomic E-state index is 14.1. The Morgan fingerprint density at radius 2 is 2.13 bits per heavy atom. The van der Waals surface area contributed by atoms with Crippen LogP contribution in [0.25, 0.3) is 0 Å². The van der Waals surface area contributed by atoms with Crippen LogP contribution in [-0.4, -0.2) is 33.9 Å². The van der Waals surface area contributed by atoms with Gasteiger partial charge in [-0.15, -0.1) is 0 Å². The summed E-state index contributed by atoms with van der Waals surface area (Å²) in [5.41, 5.74) is 0.235. The fourth-order valence-corrected chi connectivity index (χ4v) is 2.09. The van der Waals surface area contributed by atoms with Gasteiger partial charge in [0.2, 0.25) is 5.89 Å². The standard InChI is InChI=1S/C15H19FN4O3/c1-9(7-8-21)17-15(22)19-13(14-18-10(2)23-20-14)11-5-3-4-6-12(11)16/h3-6,9,13,21H,7-8H2,1-2H3,(H2,17,19,22)/t9-,13?/m1/s1. The van der Waals surface area contributed by atoms with Crippen LogP contribution in [0.4, 0.5) is 9.18 Å². The lowest BCUT2D eigenvalue weighted by Crippen LogP contribution is -2.43. The number of aryl methyl sites for hydroxylation is 1. The number of benzene rings is 1. The predicted molar refractivity (Wildman–Crippen MR) is 80.1 cm³/mol. The monoisotopic (exact) mass is 322 g/mol. The molecule has 0 radical (unpaired) electrons. The van der Waals surface area contributed by atoms with Gasteiger partial charge in [0.1, 0.15) is 11.9 Å². The fraction of sp³-hybridized carbons (Fsp3) is 0.400. The highest BCUT2D eigenvalue weighted by atomic mass is 19.1. The van der Waals surface area contributed by atoms with E-state index in [0.29, 0.717) is 12.3 Å². The van der Waals surface area contributed by atoms with Gasteiger partial charge in [0.15, 0.2) is 5.82 Å². The molecule has 124 valence electrons. The molecule has 0 aliphatic carbocycles. The molecule has 2 atom stereocenters. The second-order valence-electron chi connectivity index (χ2n) is 5.16. The van der Waals surface area contributed by atoms with Gasteiger partial charge in [-0.1, -0.05) is 23.4 Å². The lowest BCUT2D eigenvalue weighted by Gasteiger charge is -2.19. The lowest BCUT2D eigenvalue weighted by molar-refractivity contribution is 0.228. The molecule has 0 spiro atoms. The van der Waals surface area contributed by atoms with Crippen molar-refractivity contribution in [1.82, 2.24) is 20.8 Å². The van der Waals surface area contributed by atoms with Gasteiger partial charge in [-0.2, -0.15) is 4.98 Å². The zero-order valence-corrected chi connectivity index (χ0v) is 12.9. The molecule has 2 amide bonds. The number of nitrogens with zero attached hydrogens (tertiary/aromatic N) is 2. The van der Waals surface area contributed by atoms with Gasteiger partial charge in [-0.05, 0) is 19.4 Å². The summed E-state index contributed by atoms with van der Waals surface area (Å²) in [6, 6.07) is 4.43. The molecule has 23 heavy (non-hydrogen) atoms. The summed E-state index contributed by atoms with van der Waals surface area (Å²) in [5.74, 6) is -0.00147. The number of carbonyl (C=O) groups excluding carboxylic acids is 1. The Hall–Kier alpha value is -2.48. The van der Waals surface area contributed by atoms with Crippen LogP contribution in [0.15, 0.2) is 28.8 Å². The largest absolute Gasteiger partial charge is 0.396 e. The molecule has 1 aromatic heterocycles. The van der Waals surface area contributed by atoms with Crippen LogP contribution in [0.3, 0.4) is 0 Å². The van der Waals surface area contributed by atoms with Crippen molar-refractivity contribution >= 4 is 6.03 Å². The summed E-state index contributed by atoms with van der Waals surface area (Å²) in [6.45, 7) is 3.33. The first-order valence-corrected chi connectivity index (χ1v) is 7.23. The van der Waals surface area contributed by atoms with E-state index < -0.39 is 17.9 Å². The number of halogens is 1. The first-order chi connectivity index (χ1) is 11.0. The summed E-state index contributed by atoms with van der Waals surface area (Å²) < 4.78 is 19.0. The minimum atomic E-state index is -0.880. The van der Waals surface area contributed by atoms with Crippen molar-refractivity contribution in [3.8, 4) is 0 Å². The molecular weight excluding hydrogens is 303 g/mol. The van der Waals surface area contributed by atoms with Crippen molar-refractivity contribution in [3.63, 3.8) is 0 Å². The van der Waals surface area contributed by atoms with E-state index in [9.17, 15) is 9.18 Å². The first kappa shape index (κ1) is 16.9. The van der Waals surface area contributed by atoms with Crippen molar-refractivity contribution in [3.05, 3.63) is 47.4 Å². The quantitative estimate of drug-likeness (QED) is 0.751. The van der Waals surface area contributed by atoms with E-state index in [1.165, 1.54) is 6.07 Å². The Kier molecular flexibility index (Phi) is 5.64.